The third-order valence-electron chi connectivity index (χ3n) is 5.51. The van der Waals surface area contributed by atoms with Crippen LogP contribution in [0.4, 0.5) is 0 Å². The molecule has 2 N–H and O–H groups in total. The molecule has 7 heteroatoms. The van der Waals surface area contributed by atoms with Crippen LogP contribution in [0.1, 0.15) is 35.6 Å². The molecule has 0 radical (unpaired) electrons. The maximum Gasteiger partial charge on any atom is 0.191 e. The number of hydrogen-bond acceptors (Lipinski definition) is 4. The Kier molecular flexibility index (Phi) is 11.1. The van der Waals surface area contributed by atoms with E-state index in [1.807, 2.05) is 13.1 Å². The highest BCUT2D eigenvalue weighted by molar-refractivity contribution is 14.0. The van der Waals surface area contributed by atoms with E-state index in [0.717, 1.165) is 31.3 Å². The van der Waals surface area contributed by atoms with E-state index in [2.05, 4.69) is 63.0 Å². The molecule has 1 atom stereocenters. The van der Waals surface area contributed by atoms with E-state index >= 15 is 0 Å². The summed E-state index contributed by atoms with van der Waals surface area (Å²) in [6.07, 6.45) is 2.51. The fraction of sp³-hybridized carbons (Fsp3) is 0.458. The summed E-state index contributed by atoms with van der Waals surface area (Å²) in [5.41, 5.74) is 3.65. The molecule has 2 aromatic rings. The van der Waals surface area contributed by atoms with Crippen molar-refractivity contribution < 1.29 is 9.47 Å². The number of methoxy groups -OCH3 is 2. The number of ether oxygens (including phenoxy) is 2. The van der Waals surface area contributed by atoms with Gasteiger partial charge in [0.05, 0.1) is 19.8 Å². The highest BCUT2D eigenvalue weighted by atomic mass is 127. The predicted molar refractivity (Wildman–Crippen MR) is 137 cm³/mol. The molecule has 2 aromatic carbocycles. The Hall–Kier alpha value is -1.84. The third-order valence-corrected chi connectivity index (χ3v) is 5.51. The monoisotopic (exact) mass is 538 g/mol. The molecule has 6 nitrogen and oxygen atoms in total. The number of nitrogens with zero attached hydrogens (tertiary/aromatic N) is 2. The van der Waals surface area contributed by atoms with Gasteiger partial charge in [-0.05, 0) is 54.8 Å². The van der Waals surface area contributed by atoms with Gasteiger partial charge in [-0.15, -0.1) is 24.0 Å². The first-order valence-electron chi connectivity index (χ1n) is 10.6. The molecule has 0 saturated carbocycles. The lowest BCUT2D eigenvalue weighted by molar-refractivity contribution is 0.185. The van der Waals surface area contributed by atoms with E-state index in [1.165, 1.54) is 29.5 Å². The molecule has 0 spiro atoms. The number of nitrogens with one attached hydrogen (secondary N) is 2. The summed E-state index contributed by atoms with van der Waals surface area (Å²) >= 11 is 0. The minimum Gasteiger partial charge on any atom is -0.497 e. The average molecular weight is 538 g/mol. The molecule has 170 valence electrons. The third kappa shape index (κ3) is 7.66. The molecule has 31 heavy (non-hydrogen) atoms. The van der Waals surface area contributed by atoms with Crippen molar-refractivity contribution in [1.82, 2.24) is 15.5 Å². The van der Waals surface area contributed by atoms with Gasteiger partial charge in [-0.1, -0.05) is 36.4 Å². The first-order valence-corrected chi connectivity index (χ1v) is 10.6. The quantitative estimate of drug-likeness (QED) is 0.288. The zero-order valence-corrected chi connectivity index (χ0v) is 21.1. The number of likely N-dealkylation sites (tertiary alicyclic amines) is 1. The standard InChI is InChI=1S/C24H34N4O2.HI/c1-25-24(26-16-19-8-6-9-20(14-19)18-29-2)27-17-23(28-12-4-5-13-28)21-10-7-11-22(15-21)30-3;/h6-11,14-15,23H,4-5,12-13,16-18H2,1-3H3,(H2,25,26,27);1H. The van der Waals surface area contributed by atoms with Gasteiger partial charge < -0.3 is 20.1 Å². The molecule has 3 rings (SSSR count). The van der Waals surface area contributed by atoms with E-state index in [1.54, 1.807) is 14.2 Å². The Morgan fingerprint density at radius 2 is 1.77 bits per heavy atom. The minimum absolute atomic E-state index is 0. The van der Waals surface area contributed by atoms with Gasteiger partial charge in [-0.3, -0.25) is 9.89 Å². The molecular weight excluding hydrogens is 503 g/mol. The SMILES string of the molecule is CN=C(NCc1cccc(COC)c1)NCC(c1cccc(OC)c1)N1CCCC1.I. The molecule has 1 heterocycles. The second-order valence-corrected chi connectivity index (χ2v) is 7.60. The number of rotatable bonds is 9. The molecule has 1 fully saturated rings. The van der Waals surface area contributed by atoms with Crippen LogP contribution in [0.5, 0.6) is 5.75 Å². The lowest BCUT2D eigenvalue weighted by Crippen LogP contribution is -2.42. The molecule has 1 unspecified atom stereocenters. The van der Waals surface area contributed by atoms with E-state index < -0.39 is 0 Å². The van der Waals surface area contributed by atoms with Gasteiger partial charge >= 0.3 is 0 Å². The number of aliphatic imine (C=N–C) groups is 1. The number of hydrogen-bond donors (Lipinski definition) is 2. The maximum absolute atomic E-state index is 5.45. The lowest BCUT2D eigenvalue weighted by Gasteiger charge is -2.29. The van der Waals surface area contributed by atoms with Crippen LogP contribution in [0, 0.1) is 0 Å². The van der Waals surface area contributed by atoms with Crippen LogP contribution in [-0.4, -0.2) is 51.8 Å². The largest absolute Gasteiger partial charge is 0.497 e. The van der Waals surface area contributed by atoms with E-state index in [-0.39, 0.29) is 30.0 Å². The zero-order valence-electron chi connectivity index (χ0n) is 18.8. The first kappa shape index (κ1) is 25.4. The van der Waals surface area contributed by atoms with Crippen LogP contribution in [0.2, 0.25) is 0 Å². The summed E-state index contributed by atoms with van der Waals surface area (Å²) in [4.78, 5) is 6.96. The van der Waals surface area contributed by atoms with Gasteiger partial charge in [0.15, 0.2) is 5.96 Å². The van der Waals surface area contributed by atoms with Gasteiger partial charge in [0, 0.05) is 27.2 Å². The Morgan fingerprint density at radius 3 is 2.48 bits per heavy atom. The molecule has 0 amide bonds. The molecule has 1 aliphatic rings. The van der Waals surface area contributed by atoms with Crippen LogP contribution >= 0.6 is 24.0 Å². The molecule has 0 bridgehead atoms. The zero-order chi connectivity index (χ0) is 21.2. The number of halogens is 1. The molecule has 1 saturated heterocycles. The van der Waals surface area contributed by atoms with Crippen LogP contribution in [0.3, 0.4) is 0 Å². The summed E-state index contributed by atoms with van der Waals surface area (Å²) in [6, 6.07) is 17.1. The van der Waals surface area contributed by atoms with Gasteiger partial charge in [0.1, 0.15) is 5.75 Å². The Labute approximate surface area is 203 Å². The van der Waals surface area contributed by atoms with Crippen molar-refractivity contribution >= 4 is 29.9 Å². The minimum atomic E-state index is 0. The molecule has 1 aliphatic heterocycles. The van der Waals surface area contributed by atoms with Gasteiger partial charge in [-0.2, -0.15) is 0 Å². The van der Waals surface area contributed by atoms with Crippen LogP contribution in [0.15, 0.2) is 53.5 Å². The fourth-order valence-electron chi connectivity index (χ4n) is 3.96. The fourth-order valence-corrected chi connectivity index (χ4v) is 3.96. The topological polar surface area (TPSA) is 58.1 Å². The first-order chi connectivity index (χ1) is 14.7. The van der Waals surface area contributed by atoms with Crippen molar-refractivity contribution in [3.05, 3.63) is 65.2 Å². The number of benzene rings is 2. The maximum atomic E-state index is 5.45. The van der Waals surface area contributed by atoms with Gasteiger partial charge in [-0.25, -0.2) is 0 Å². The van der Waals surface area contributed by atoms with Crippen molar-refractivity contribution in [3.63, 3.8) is 0 Å². The highest BCUT2D eigenvalue weighted by Gasteiger charge is 2.24. The smallest absolute Gasteiger partial charge is 0.191 e. The summed E-state index contributed by atoms with van der Waals surface area (Å²) in [7, 11) is 5.25. The molecule has 0 aromatic heterocycles. The van der Waals surface area contributed by atoms with Crippen molar-refractivity contribution in [2.75, 3.05) is 40.9 Å². The average Bonchev–Trinajstić information content (AvgIpc) is 3.31. The second-order valence-electron chi connectivity index (χ2n) is 7.60. The van der Waals surface area contributed by atoms with E-state index in [4.69, 9.17) is 9.47 Å². The lowest BCUT2D eigenvalue weighted by atomic mass is 10.1. The Bertz CT molecular complexity index is 825. The van der Waals surface area contributed by atoms with Gasteiger partial charge in [0.2, 0.25) is 0 Å². The van der Waals surface area contributed by atoms with E-state index in [0.29, 0.717) is 13.2 Å². The Balaban J connectivity index is 0.00000341. The predicted octanol–water partition coefficient (Wildman–Crippen LogP) is 3.96. The summed E-state index contributed by atoms with van der Waals surface area (Å²) in [6.45, 7) is 4.38. The second kappa shape index (κ2) is 13.5. The molecule has 0 aliphatic carbocycles. The van der Waals surface area contributed by atoms with Crippen molar-refractivity contribution in [3.8, 4) is 5.75 Å². The molecular formula is C24H35IN4O2. The number of guanidine groups is 1. The van der Waals surface area contributed by atoms with Crippen molar-refractivity contribution in [1.29, 1.82) is 0 Å². The van der Waals surface area contributed by atoms with E-state index in [9.17, 15) is 0 Å². The summed E-state index contributed by atoms with van der Waals surface area (Å²) in [5.74, 6) is 1.70. The van der Waals surface area contributed by atoms with Crippen molar-refractivity contribution in [2.24, 2.45) is 4.99 Å². The Morgan fingerprint density at radius 1 is 1.03 bits per heavy atom. The van der Waals surface area contributed by atoms with Crippen LogP contribution < -0.4 is 15.4 Å². The normalized spacial score (nSPS) is 15.3. The van der Waals surface area contributed by atoms with Crippen LogP contribution in [0.25, 0.3) is 0 Å². The highest BCUT2D eigenvalue weighted by Crippen LogP contribution is 2.27. The summed E-state index contributed by atoms with van der Waals surface area (Å²) < 4.78 is 10.7. The summed E-state index contributed by atoms with van der Waals surface area (Å²) in [5, 5.41) is 6.95. The van der Waals surface area contributed by atoms with Crippen molar-refractivity contribution in [2.45, 2.75) is 32.0 Å². The van der Waals surface area contributed by atoms with Crippen LogP contribution in [-0.2, 0) is 17.9 Å². The van der Waals surface area contributed by atoms with Gasteiger partial charge in [0.25, 0.3) is 0 Å².